The average Bonchev–Trinajstić information content (AvgIpc) is 2.86. The first-order chi connectivity index (χ1) is 8.54. The van der Waals surface area contributed by atoms with Crippen molar-refractivity contribution in [2.45, 2.75) is 13.8 Å². The number of hydrogen-bond acceptors (Lipinski definition) is 4. The predicted octanol–water partition coefficient (Wildman–Crippen LogP) is 1.86. The Bertz CT molecular complexity index is 422. The maximum Gasteiger partial charge on any atom is 0.374 e. The monoisotopic (exact) mass is 251 g/mol. The summed E-state index contributed by atoms with van der Waals surface area (Å²) in [4.78, 5) is 24.8. The molecule has 0 aliphatic rings. The number of furan rings is 1. The molecule has 1 aromatic heterocycles. The summed E-state index contributed by atoms with van der Waals surface area (Å²) in [5.41, 5.74) is 0.877. The SMILES string of the molecule is C=C(C)CN(CC)C(=O)COC(=O)c1ccco1. The standard InChI is InChI=1S/C13H17NO4/c1-4-14(8-10(2)3)12(15)9-18-13(16)11-6-5-7-17-11/h5-7H,2,4,8-9H2,1,3H3. The zero-order chi connectivity index (χ0) is 13.5. The molecule has 0 atom stereocenters. The van der Waals surface area contributed by atoms with Gasteiger partial charge >= 0.3 is 5.97 Å². The van der Waals surface area contributed by atoms with Gasteiger partial charge in [-0.25, -0.2) is 4.79 Å². The summed E-state index contributed by atoms with van der Waals surface area (Å²) in [6, 6.07) is 3.07. The molecule has 1 rings (SSSR count). The normalized spacial score (nSPS) is 9.89. The van der Waals surface area contributed by atoms with Crippen molar-refractivity contribution in [3.8, 4) is 0 Å². The van der Waals surface area contributed by atoms with E-state index in [-0.39, 0.29) is 18.3 Å². The molecular weight excluding hydrogens is 234 g/mol. The molecule has 1 aromatic rings. The lowest BCUT2D eigenvalue weighted by Gasteiger charge is -2.20. The summed E-state index contributed by atoms with van der Waals surface area (Å²) in [6.07, 6.45) is 1.37. The lowest BCUT2D eigenvalue weighted by Crippen LogP contribution is -2.35. The van der Waals surface area contributed by atoms with Gasteiger partial charge in [0.15, 0.2) is 6.61 Å². The van der Waals surface area contributed by atoms with Crippen LogP contribution in [-0.2, 0) is 9.53 Å². The Hall–Kier alpha value is -2.04. The highest BCUT2D eigenvalue weighted by Crippen LogP contribution is 2.03. The Morgan fingerprint density at radius 3 is 2.72 bits per heavy atom. The van der Waals surface area contributed by atoms with Gasteiger partial charge in [-0.05, 0) is 26.0 Å². The number of likely N-dealkylation sites (N-methyl/N-ethyl adjacent to an activating group) is 1. The van der Waals surface area contributed by atoms with E-state index < -0.39 is 5.97 Å². The van der Waals surface area contributed by atoms with Gasteiger partial charge in [-0.15, -0.1) is 0 Å². The lowest BCUT2D eigenvalue weighted by molar-refractivity contribution is -0.134. The summed E-state index contributed by atoms with van der Waals surface area (Å²) in [7, 11) is 0. The Morgan fingerprint density at radius 1 is 1.50 bits per heavy atom. The van der Waals surface area contributed by atoms with Gasteiger partial charge in [0.05, 0.1) is 6.26 Å². The average molecular weight is 251 g/mol. The molecule has 5 nitrogen and oxygen atoms in total. The van der Waals surface area contributed by atoms with Crippen molar-refractivity contribution < 1.29 is 18.7 Å². The fourth-order valence-corrected chi connectivity index (χ4v) is 1.39. The van der Waals surface area contributed by atoms with Crippen LogP contribution in [0.4, 0.5) is 0 Å². The molecule has 0 bridgehead atoms. The van der Waals surface area contributed by atoms with Crippen molar-refractivity contribution in [3.63, 3.8) is 0 Å². The van der Waals surface area contributed by atoms with Crippen molar-refractivity contribution in [1.29, 1.82) is 0 Å². The molecule has 5 heteroatoms. The highest BCUT2D eigenvalue weighted by atomic mass is 16.5. The zero-order valence-corrected chi connectivity index (χ0v) is 10.6. The van der Waals surface area contributed by atoms with E-state index in [1.807, 2.05) is 13.8 Å². The van der Waals surface area contributed by atoms with Gasteiger partial charge in [0, 0.05) is 13.1 Å². The quantitative estimate of drug-likeness (QED) is 0.572. The number of nitrogens with zero attached hydrogens (tertiary/aromatic N) is 1. The van der Waals surface area contributed by atoms with Crippen LogP contribution in [0.2, 0.25) is 0 Å². The summed E-state index contributed by atoms with van der Waals surface area (Å²) in [5, 5.41) is 0. The highest BCUT2D eigenvalue weighted by Gasteiger charge is 2.16. The van der Waals surface area contributed by atoms with Crippen molar-refractivity contribution in [3.05, 3.63) is 36.3 Å². The van der Waals surface area contributed by atoms with E-state index in [0.717, 1.165) is 5.57 Å². The van der Waals surface area contributed by atoms with E-state index in [0.29, 0.717) is 13.1 Å². The molecule has 18 heavy (non-hydrogen) atoms. The van der Waals surface area contributed by atoms with Gasteiger partial charge in [-0.2, -0.15) is 0 Å². The van der Waals surface area contributed by atoms with E-state index in [1.165, 1.54) is 12.3 Å². The summed E-state index contributed by atoms with van der Waals surface area (Å²) in [6.45, 7) is 8.16. The molecule has 0 fully saturated rings. The first-order valence-electron chi connectivity index (χ1n) is 5.67. The second-order valence-electron chi connectivity index (χ2n) is 3.92. The molecule has 0 radical (unpaired) electrons. The van der Waals surface area contributed by atoms with E-state index in [1.54, 1.807) is 11.0 Å². The van der Waals surface area contributed by atoms with Crippen molar-refractivity contribution in [2.75, 3.05) is 19.7 Å². The van der Waals surface area contributed by atoms with E-state index in [2.05, 4.69) is 6.58 Å². The third kappa shape index (κ3) is 4.08. The van der Waals surface area contributed by atoms with Crippen molar-refractivity contribution >= 4 is 11.9 Å². The molecule has 98 valence electrons. The molecule has 0 N–H and O–H groups in total. The summed E-state index contributed by atoms with van der Waals surface area (Å²) in [5.74, 6) is -0.800. The van der Waals surface area contributed by atoms with E-state index in [4.69, 9.17) is 9.15 Å². The number of carbonyl (C=O) groups excluding carboxylic acids is 2. The largest absolute Gasteiger partial charge is 0.457 e. The fraction of sp³-hybridized carbons (Fsp3) is 0.385. The molecule has 0 aromatic carbocycles. The Balaban J connectivity index is 2.44. The van der Waals surface area contributed by atoms with Gasteiger partial charge < -0.3 is 14.1 Å². The first kappa shape index (κ1) is 14.0. The minimum absolute atomic E-state index is 0.0887. The van der Waals surface area contributed by atoms with Crippen LogP contribution in [0.5, 0.6) is 0 Å². The van der Waals surface area contributed by atoms with Crippen LogP contribution in [0.25, 0.3) is 0 Å². The Kier molecular flexibility index (Phi) is 5.17. The van der Waals surface area contributed by atoms with Gasteiger partial charge in [-0.1, -0.05) is 12.2 Å². The van der Waals surface area contributed by atoms with Crippen LogP contribution in [-0.4, -0.2) is 36.5 Å². The molecule has 0 unspecified atom stereocenters. The fourth-order valence-electron chi connectivity index (χ4n) is 1.39. The zero-order valence-electron chi connectivity index (χ0n) is 10.6. The minimum Gasteiger partial charge on any atom is -0.457 e. The predicted molar refractivity (Wildman–Crippen MR) is 66.1 cm³/mol. The number of hydrogen-bond donors (Lipinski definition) is 0. The number of ether oxygens (including phenoxy) is 1. The molecule has 0 spiro atoms. The molecule has 0 aliphatic carbocycles. The van der Waals surface area contributed by atoms with Crippen molar-refractivity contribution in [2.24, 2.45) is 0 Å². The summed E-state index contributed by atoms with van der Waals surface area (Å²) < 4.78 is 9.72. The van der Waals surface area contributed by atoms with Crippen LogP contribution in [0, 0.1) is 0 Å². The number of esters is 1. The first-order valence-corrected chi connectivity index (χ1v) is 5.67. The molecular formula is C13H17NO4. The third-order valence-corrected chi connectivity index (χ3v) is 2.24. The van der Waals surface area contributed by atoms with Crippen molar-refractivity contribution in [1.82, 2.24) is 4.90 Å². The number of amides is 1. The van der Waals surface area contributed by atoms with Gasteiger partial charge in [0.2, 0.25) is 5.76 Å². The van der Waals surface area contributed by atoms with Crippen LogP contribution in [0.15, 0.2) is 35.0 Å². The van der Waals surface area contributed by atoms with Gasteiger partial charge in [0.25, 0.3) is 5.91 Å². The highest BCUT2D eigenvalue weighted by molar-refractivity contribution is 5.88. The van der Waals surface area contributed by atoms with E-state index >= 15 is 0 Å². The maximum atomic E-state index is 11.8. The summed E-state index contributed by atoms with van der Waals surface area (Å²) >= 11 is 0. The Labute approximate surface area is 106 Å². The molecule has 1 amide bonds. The Morgan fingerprint density at radius 2 is 2.22 bits per heavy atom. The number of rotatable bonds is 6. The molecule has 1 heterocycles. The third-order valence-electron chi connectivity index (χ3n) is 2.24. The minimum atomic E-state index is -0.639. The molecule has 0 aliphatic heterocycles. The topological polar surface area (TPSA) is 59.8 Å². The van der Waals surface area contributed by atoms with Crippen LogP contribution < -0.4 is 0 Å². The second-order valence-corrected chi connectivity index (χ2v) is 3.92. The van der Waals surface area contributed by atoms with Crippen LogP contribution >= 0.6 is 0 Å². The number of carbonyl (C=O) groups is 2. The van der Waals surface area contributed by atoms with E-state index in [9.17, 15) is 9.59 Å². The second kappa shape index (κ2) is 6.64. The van der Waals surface area contributed by atoms with Gasteiger partial charge in [-0.3, -0.25) is 4.79 Å². The van der Waals surface area contributed by atoms with Gasteiger partial charge in [0.1, 0.15) is 0 Å². The maximum absolute atomic E-state index is 11.8. The van der Waals surface area contributed by atoms with Crippen LogP contribution in [0.1, 0.15) is 24.4 Å². The smallest absolute Gasteiger partial charge is 0.374 e. The molecule has 0 saturated heterocycles. The van der Waals surface area contributed by atoms with Crippen LogP contribution in [0.3, 0.4) is 0 Å². The lowest BCUT2D eigenvalue weighted by atomic mass is 10.3. The molecule has 0 saturated carbocycles.